The van der Waals surface area contributed by atoms with E-state index in [1.165, 1.54) is 0 Å². The van der Waals surface area contributed by atoms with Crippen molar-refractivity contribution >= 4 is 23.8 Å². The molecule has 0 radical (unpaired) electrons. The first-order valence-electron chi connectivity index (χ1n) is 3.57. The molecular formula is C9H10ClNO. The molecule has 1 aromatic rings. The van der Waals surface area contributed by atoms with Gasteiger partial charge in [-0.2, -0.15) is 0 Å². The van der Waals surface area contributed by atoms with Gasteiger partial charge in [-0.1, -0.05) is 18.2 Å². The zero-order valence-electron chi connectivity index (χ0n) is 7.10. The van der Waals surface area contributed by atoms with E-state index in [9.17, 15) is 0 Å². The van der Waals surface area contributed by atoms with Gasteiger partial charge >= 0.3 is 0 Å². The van der Waals surface area contributed by atoms with E-state index in [-0.39, 0.29) is 0 Å². The van der Waals surface area contributed by atoms with Crippen LogP contribution in [0.4, 0.5) is 0 Å². The summed E-state index contributed by atoms with van der Waals surface area (Å²) < 4.78 is 5.27. The van der Waals surface area contributed by atoms with Gasteiger partial charge in [-0.15, -0.1) is 0 Å². The van der Waals surface area contributed by atoms with Crippen LogP contribution in [0.5, 0.6) is 0 Å². The van der Waals surface area contributed by atoms with E-state index < -0.39 is 0 Å². The van der Waals surface area contributed by atoms with E-state index in [1.807, 2.05) is 0 Å². The molecule has 1 heterocycles. The van der Waals surface area contributed by atoms with Gasteiger partial charge in [0.25, 0.3) is 0 Å². The molecule has 1 rings (SSSR count). The third kappa shape index (κ3) is 1.98. The molecule has 0 bridgehead atoms. The SMILES string of the molecule is C=Cc1nc(C)oc1/C=C(\C)Cl. The molecule has 0 unspecified atom stereocenters. The van der Waals surface area contributed by atoms with Gasteiger partial charge in [0.15, 0.2) is 11.7 Å². The summed E-state index contributed by atoms with van der Waals surface area (Å²) in [6, 6.07) is 0. The summed E-state index contributed by atoms with van der Waals surface area (Å²) in [7, 11) is 0. The molecule has 0 saturated heterocycles. The van der Waals surface area contributed by atoms with Gasteiger partial charge < -0.3 is 4.42 Å². The number of aromatic nitrogens is 1. The van der Waals surface area contributed by atoms with Crippen LogP contribution in [-0.4, -0.2) is 4.98 Å². The van der Waals surface area contributed by atoms with Crippen molar-refractivity contribution in [1.29, 1.82) is 0 Å². The normalized spacial score (nSPS) is 11.8. The maximum atomic E-state index is 5.69. The quantitative estimate of drug-likeness (QED) is 0.704. The number of aryl methyl sites for hydroxylation is 1. The first-order valence-corrected chi connectivity index (χ1v) is 3.95. The van der Waals surface area contributed by atoms with Crippen molar-refractivity contribution in [1.82, 2.24) is 4.98 Å². The van der Waals surface area contributed by atoms with Crippen LogP contribution in [0.1, 0.15) is 24.3 Å². The lowest BCUT2D eigenvalue weighted by Crippen LogP contribution is -1.74. The Kier molecular flexibility index (Phi) is 2.71. The molecule has 1 aromatic heterocycles. The van der Waals surface area contributed by atoms with E-state index in [4.69, 9.17) is 16.0 Å². The van der Waals surface area contributed by atoms with Crippen LogP contribution < -0.4 is 0 Å². The molecule has 2 nitrogen and oxygen atoms in total. The van der Waals surface area contributed by atoms with Crippen molar-refractivity contribution in [3.8, 4) is 0 Å². The van der Waals surface area contributed by atoms with Crippen molar-refractivity contribution in [2.75, 3.05) is 0 Å². The number of hydrogen-bond donors (Lipinski definition) is 0. The summed E-state index contributed by atoms with van der Waals surface area (Å²) in [6.07, 6.45) is 3.36. The predicted octanol–water partition coefficient (Wildman–Crippen LogP) is 3.23. The molecule has 0 amide bonds. The predicted molar refractivity (Wildman–Crippen MR) is 50.8 cm³/mol. The molecule has 0 aromatic carbocycles. The Bertz CT molecular complexity index is 321. The maximum absolute atomic E-state index is 5.69. The van der Waals surface area contributed by atoms with Gasteiger partial charge in [0.1, 0.15) is 5.69 Å². The van der Waals surface area contributed by atoms with Gasteiger partial charge in [-0.3, -0.25) is 0 Å². The monoisotopic (exact) mass is 183 g/mol. The first kappa shape index (κ1) is 9.07. The summed E-state index contributed by atoms with van der Waals surface area (Å²) in [5, 5.41) is 0.661. The summed E-state index contributed by atoms with van der Waals surface area (Å²) in [6.45, 7) is 7.19. The molecule has 0 fully saturated rings. The zero-order chi connectivity index (χ0) is 9.14. The van der Waals surface area contributed by atoms with Crippen LogP contribution in [0.3, 0.4) is 0 Å². The number of oxazole rings is 1. The number of hydrogen-bond acceptors (Lipinski definition) is 2. The molecule has 0 aliphatic heterocycles. The highest BCUT2D eigenvalue weighted by Crippen LogP contribution is 2.16. The highest BCUT2D eigenvalue weighted by Gasteiger charge is 2.04. The van der Waals surface area contributed by atoms with Gasteiger partial charge in [-0.25, -0.2) is 4.98 Å². The van der Waals surface area contributed by atoms with E-state index in [0.29, 0.717) is 16.7 Å². The van der Waals surface area contributed by atoms with E-state index in [2.05, 4.69) is 11.6 Å². The zero-order valence-corrected chi connectivity index (χ0v) is 7.85. The molecule has 0 spiro atoms. The standard InChI is InChI=1S/C9H10ClNO/c1-4-8-9(5-6(2)10)12-7(3)11-8/h4-5H,1H2,2-3H3/b6-5+. The Morgan fingerprint density at radius 2 is 2.33 bits per heavy atom. The van der Waals surface area contributed by atoms with E-state index in [0.717, 1.165) is 5.69 Å². The lowest BCUT2D eigenvalue weighted by atomic mass is 10.3. The van der Waals surface area contributed by atoms with Crippen LogP contribution >= 0.6 is 11.6 Å². The summed E-state index contributed by atoms with van der Waals surface area (Å²) in [5.74, 6) is 1.28. The Balaban J connectivity index is 3.13. The minimum Gasteiger partial charge on any atom is -0.441 e. The van der Waals surface area contributed by atoms with Crippen molar-refractivity contribution in [3.05, 3.63) is 29.0 Å². The van der Waals surface area contributed by atoms with Crippen LogP contribution in [0.15, 0.2) is 16.0 Å². The topological polar surface area (TPSA) is 26.0 Å². The number of allylic oxidation sites excluding steroid dienone is 1. The molecule has 0 aliphatic carbocycles. The molecular weight excluding hydrogens is 174 g/mol. The number of halogens is 1. The van der Waals surface area contributed by atoms with E-state index in [1.54, 1.807) is 26.0 Å². The van der Waals surface area contributed by atoms with Gasteiger partial charge in [0, 0.05) is 12.0 Å². The lowest BCUT2D eigenvalue weighted by Gasteiger charge is -1.87. The fraction of sp³-hybridized carbons (Fsp3) is 0.222. The average molecular weight is 184 g/mol. The minimum atomic E-state index is 0.620. The third-order valence-electron chi connectivity index (χ3n) is 1.31. The highest BCUT2D eigenvalue weighted by molar-refractivity contribution is 6.31. The number of rotatable bonds is 2. The smallest absolute Gasteiger partial charge is 0.192 e. The summed E-state index contributed by atoms with van der Waals surface area (Å²) >= 11 is 5.69. The first-order chi connectivity index (χ1) is 5.63. The van der Waals surface area contributed by atoms with E-state index >= 15 is 0 Å². The second-order valence-corrected chi connectivity index (χ2v) is 3.01. The van der Waals surface area contributed by atoms with Crippen molar-refractivity contribution < 1.29 is 4.42 Å². The second-order valence-electron chi connectivity index (χ2n) is 2.42. The van der Waals surface area contributed by atoms with Crippen LogP contribution in [-0.2, 0) is 0 Å². The van der Waals surface area contributed by atoms with Gasteiger partial charge in [0.05, 0.1) is 0 Å². The van der Waals surface area contributed by atoms with Crippen molar-refractivity contribution in [2.45, 2.75) is 13.8 Å². The fourth-order valence-corrected chi connectivity index (χ4v) is 0.988. The van der Waals surface area contributed by atoms with Gasteiger partial charge in [-0.05, 0) is 19.1 Å². The molecule has 64 valence electrons. The minimum absolute atomic E-state index is 0.620. The molecule has 0 aliphatic rings. The fourth-order valence-electron chi connectivity index (χ4n) is 0.889. The lowest BCUT2D eigenvalue weighted by molar-refractivity contribution is 0.512. The Labute approximate surface area is 76.6 Å². The largest absolute Gasteiger partial charge is 0.441 e. The van der Waals surface area contributed by atoms with Crippen molar-refractivity contribution in [3.63, 3.8) is 0 Å². The molecule has 3 heteroatoms. The van der Waals surface area contributed by atoms with Crippen LogP contribution in [0.25, 0.3) is 12.2 Å². The van der Waals surface area contributed by atoms with Crippen molar-refractivity contribution in [2.24, 2.45) is 0 Å². The Hall–Kier alpha value is -1.02. The third-order valence-corrected chi connectivity index (χ3v) is 1.42. The van der Waals surface area contributed by atoms with Crippen LogP contribution in [0.2, 0.25) is 0 Å². The highest BCUT2D eigenvalue weighted by atomic mass is 35.5. The average Bonchev–Trinajstić information content (AvgIpc) is 2.29. The maximum Gasteiger partial charge on any atom is 0.192 e. The number of nitrogens with zero attached hydrogens (tertiary/aromatic N) is 1. The summed E-state index contributed by atoms with van der Waals surface area (Å²) in [5.41, 5.74) is 0.729. The van der Waals surface area contributed by atoms with Crippen LogP contribution in [0, 0.1) is 6.92 Å². The molecule has 0 saturated carbocycles. The molecule has 12 heavy (non-hydrogen) atoms. The second kappa shape index (κ2) is 3.59. The van der Waals surface area contributed by atoms with Gasteiger partial charge in [0.2, 0.25) is 0 Å². The Morgan fingerprint density at radius 3 is 2.83 bits per heavy atom. The molecule has 0 N–H and O–H groups in total. The Morgan fingerprint density at radius 1 is 1.67 bits per heavy atom. The molecule has 0 atom stereocenters. The summed E-state index contributed by atoms with van der Waals surface area (Å²) in [4.78, 5) is 4.09.